The Hall–Kier alpha value is -1.64. The summed E-state index contributed by atoms with van der Waals surface area (Å²) in [4.78, 5) is 4.07. The van der Waals surface area contributed by atoms with E-state index < -0.39 is 0 Å². The van der Waals surface area contributed by atoms with E-state index in [1.165, 1.54) is 12.1 Å². The Morgan fingerprint density at radius 3 is 2.57 bits per heavy atom. The first-order chi connectivity index (χ1) is 6.79. The van der Waals surface area contributed by atoms with Crippen molar-refractivity contribution >= 4 is 0 Å². The zero-order chi connectivity index (χ0) is 9.97. The van der Waals surface area contributed by atoms with Gasteiger partial charge in [0.25, 0.3) is 0 Å². The van der Waals surface area contributed by atoms with Crippen molar-refractivity contribution in [3.8, 4) is 11.3 Å². The molecule has 0 radical (unpaired) electrons. The van der Waals surface area contributed by atoms with Crippen LogP contribution in [0.3, 0.4) is 0 Å². The molecule has 72 valence electrons. The van der Waals surface area contributed by atoms with Crippen molar-refractivity contribution in [1.82, 2.24) is 4.98 Å². The van der Waals surface area contributed by atoms with Crippen LogP contribution in [-0.4, -0.2) is 4.98 Å². The van der Waals surface area contributed by atoms with Gasteiger partial charge in [0, 0.05) is 12.0 Å². The van der Waals surface area contributed by atoms with Gasteiger partial charge >= 0.3 is 0 Å². The topological polar surface area (TPSA) is 26.0 Å². The van der Waals surface area contributed by atoms with Crippen LogP contribution < -0.4 is 0 Å². The number of halogens is 1. The Morgan fingerprint density at radius 1 is 1.29 bits per heavy atom. The molecule has 0 bridgehead atoms. The van der Waals surface area contributed by atoms with E-state index in [1.807, 2.05) is 6.92 Å². The molecule has 0 aliphatic heterocycles. The molecular weight excluding hydrogens is 181 g/mol. The first kappa shape index (κ1) is 8.94. The fraction of sp³-hybridized carbons (Fsp3) is 0.182. The predicted molar refractivity (Wildman–Crippen MR) is 51.3 cm³/mol. The first-order valence-corrected chi connectivity index (χ1v) is 4.50. The van der Waals surface area contributed by atoms with Crippen LogP contribution in [0.25, 0.3) is 11.3 Å². The average molecular weight is 191 g/mol. The van der Waals surface area contributed by atoms with Crippen LogP contribution >= 0.6 is 0 Å². The fourth-order valence-corrected chi connectivity index (χ4v) is 1.22. The van der Waals surface area contributed by atoms with Crippen LogP contribution in [0.2, 0.25) is 0 Å². The second-order valence-electron chi connectivity index (χ2n) is 2.98. The summed E-state index contributed by atoms with van der Waals surface area (Å²) >= 11 is 0. The van der Waals surface area contributed by atoms with Crippen molar-refractivity contribution in [3.63, 3.8) is 0 Å². The van der Waals surface area contributed by atoms with Crippen LogP contribution in [-0.2, 0) is 6.42 Å². The Labute approximate surface area is 81.4 Å². The molecule has 14 heavy (non-hydrogen) atoms. The van der Waals surface area contributed by atoms with E-state index in [1.54, 1.807) is 18.3 Å². The van der Waals surface area contributed by atoms with Crippen LogP contribution in [0.4, 0.5) is 4.39 Å². The van der Waals surface area contributed by atoms with Gasteiger partial charge in [0.1, 0.15) is 5.82 Å². The maximum absolute atomic E-state index is 12.6. The summed E-state index contributed by atoms with van der Waals surface area (Å²) in [5.74, 6) is 1.13. The molecule has 2 aromatic rings. The summed E-state index contributed by atoms with van der Waals surface area (Å²) in [5, 5.41) is 0. The minimum Gasteiger partial charge on any atom is -0.441 e. The standard InChI is InChI=1S/C11H10FNO/c1-2-11-13-7-10(14-11)8-3-5-9(12)6-4-8/h3-7H,2H2,1H3. The quantitative estimate of drug-likeness (QED) is 0.729. The second-order valence-corrected chi connectivity index (χ2v) is 2.98. The lowest BCUT2D eigenvalue weighted by Gasteiger charge is -1.94. The normalized spacial score (nSPS) is 10.4. The smallest absolute Gasteiger partial charge is 0.194 e. The minimum absolute atomic E-state index is 0.246. The maximum atomic E-state index is 12.6. The van der Waals surface area contributed by atoms with E-state index in [9.17, 15) is 4.39 Å². The summed E-state index contributed by atoms with van der Waals surface area (Å²) < 4.78 is 18.1. The van der Waals surface area contributed by atoms with Gasteiger partial charge in [-0.15, -0.1) is 0 Å². The van der Waals surface area contributed by atoms with Crippen LogP contribution in [0, 0.1) is 5.82 Å². The lowest BCUT2D eigenvalue weighted by Crippen LogP contribution is -1.76. The lowest BCUT2D eigenvalue weighted by atomic mass is 10.2. The molecule has 0 saturated heterocycles. The molecule has 0 amide bonds. The second kappa shape index (κ2) is 3.62. The summed E-state index contributed by atoms with van der Waals surface area (Å²) in [6.45, 7) is 1.97. The summed E-state index contributed by atoms with van der Waals surface area (Å²) in [6, 6.07) is 6.16. The zero-order valence-corrected chi connectivity index (χ0v) is 7.83. The number of aromatic nitrogens is 1. The molecule has 0 N–H and O–H groups in total. The molecule has 0 unspecified atom stereocenters. The van der Waals surface area contributed by atoms with E-state index in [-0.39, 0.29) is 5.82 Å². The Balaban J connectivity index is 2.34. The summed E-state index contributed by atoms with van der Waals surface area (Å²) in [7, 11) is 0. The highest BCUT2D eigenvalue weighted by atomic mass is 19.1. The molecule has 3 heteroatoms. The molecule has 0 aliphatic rings. The largest absolute Gasteiger partial charge is 0.441 e. The maximum Gasteiger partial charge on any atom is 0.194 e. The third-order valence-electron chi connectivity index (χ3n) is 1.98. The van der Waals surface area contributed by atoms with Crippen LogP contribution in [0.1, 0.15) is 12.8 Å². The van der Waals surface area contributed by atoms with E-state index in [4.69, 9.17) is 4.42 Å². The van der Waals surface area contributed by atoms with Crippen molar-refractivity contribution in [3.05, 3.63) is 42.2 Å². The van der Waals surface area contributed by atoms with E-state index in [0.717, 1.165) is 12.0 Å². The molecular formula is C11H10FNO. The van der Waals surface area contributed by atoms with Crippen molar-refractivity contribution < 1.29 is 8.81 Å². The third-order valence-corrected chi connectivity index (χ3v) is 1.98. The first-order valence-electron chi connectivity index (χ1n) is 4.50. The average Bonchev–Trinajstić information content (AvgIpc) is 2.67. The van der Waals surface area contributed by atoms with Gasteiger partial charge in [-0.1, -0.05) is 6.92 Å². The van der Waals surface area contributed by atoms with Crippen LogP contribution in [0.15, 0.2) is 34.9 Å². The number of nitrogens with zero attached hydrogens (tertiary/aromatic N) is 1. The number of hydrogen-bond acceptors (Lipinski definition) is 2. The van der Waals surface area contributed by atoms with Gasteiger partial charge < -0.3 is 4.42 Å². The molecule has 0 fully saturated rings. The Morgan fingerprint density at radius 2 is 2.00 bits per heavy atom. The molecule has 0 atom stereocenters. The molecule has 2 nitrogen and oxygen atoms in total. The van der Waals surface area contributed by atoms with E-state index >= 15 is 0 Å². The zero-order valence-electron chi connectivity index (χ0n) is 7.83. The highest BCUT2D eigenvalue weighted by molar-refractivity contribution is 5.55. The number of aryl methyl sites for hydroxylation is 1. The molecule has 1 aromatic heterocycles. The van der Waals surface area contributed by atoms with Crippen molar-refractivity contribution in [2.24, 2.45) is 0 Å². The Kier molecular flexibility index (Phi) is 2.31. The van der Waals surface area contributed by atoms with Crippen LogP contribution in [0.5, 0.6) is 0 Å². The lowest BCUT2D eigenvalue weighted by molar-refractivity contribution is 0.513. The van der Waals surface area contributed by atoms with Gasteiger partial charge in [0.15, 0.2) is 11.7 Å². The minimum atomic E-state index is -0.246. The molecule has 0 aliphatic carbocycles. The number of oxazole rings is 1. The Bertz CT molecular complexity index is 419. The predicted octanol–water partition coefficient (Wildman–Crippen LogP) is 3.04. The van der Waals surface area contributed by atoms with E-state index in [2.05, 4.69) is 4.98 Å². The molecule has 0 saturated carbocycles. The highest BCUT2D eigenvalue weighted by Crippen LogP contribution is 2.20. The summed E-state index contributed by atoms with van der Waals surface area (Å²) in [5.41, 5.74) is 0.846. The molecule has 2 rings (SSSR count). The van der Waals surface area contributed by atoms with Gasteiger partial charge in [0.05, 0.1) is 6.20 Å². The highest BCUT2D eigenvalue weighted by Gasteiger charge is 2.04. The van der Waals surface area contributed by atoms with Gasteiger partial charge in [-0.05, 0) is 24.3 Å². The number of benzene rings is 1. The third kappa shape index (κ3) is 1.66. The van der Waals surface area contributed by atoms with Gasteiger partial charge in [-0.25, -0.2) is 9.37 Å². The molecule has 1 heterocycles. The van der Waals surface area contributed by atoms with Gasteiger partial charge in [-0.3, -0.25) is 0 Å². The van der Waals surface area contributed by atoms with Gasteiger partial charge in [-0.2, -0.15) is 0 Å². The fourth-order valence-electron chi connectivity index (χ4n) is 1.22. The number of rotatable bonds is 2. The molecule has 1 aromatic carbocycles. The van der Waals surface area contributed by atoms with Crippen molar-refractivity contribution in [2.45, 2.75) is 13.3 Å². The van der Waals surface area contributed by atoms with Gasteiger partial charge in [0.2, 0.25) is 0 Å². The SMILES string of the molecule is CCc1ncc(-c2ccc(F)cc2)o1. The van der Waals surface area contributed by atoms with Crippen molar-refractivity contribution in [2.75, 3.05) is 0 Å². The summed E-state index contributed by atoms with van der Waals surface area (Å²) in [6.07, 6.45) is 2.42. The molecule has 0 spiro atoms. The van der Waals surface area contributed by atoms with Crippen molar-refractivity contribution in [1.29, 1.82) is 0 Å². The monoisotopic (exact) mass is 191 g/mol. The van der Waals surface area contributed by atoms with E-state index in [0.29, 0.717) is 11.7 Å². The number of hydrogen-bond donors (Lipinski definition) is 0.